The van der Waals surface area contributed by atoms with E-state index in [0.717, 1.165) is 12.1 Å². The number of benzene rings is 1. The van der Waals surface area contributed by atoms with E-state index in [2.05, 4.69) is 55.0 Å². The van der Waals surface area contributed by atoms with Crippen molar-refractivity contribution in [3.63, 3.8) is 0 Å². The van der Waals surface area contributed by atoms with Crippen molar-refractivity contribution in [1.29, 1.82) is 0 Å². The van der Waals surface area contributed by atoms with Crippen LogP contribution in [-0.4, -0.2) is 16.8 Å². The highest BCUT2D eigenvalue weighted by Crippen LogP contribution is 2.39. The summed E-state index contributed by atoms with van der Waals surface area (Å²) in [6, 6.07) is 9.45. The maximum Gasteiger partial charge on any atom is 0.0757 e. The molecule has 3 heteroatoms. The van der Waals surface area contributed by atoms with Gasteiger partial charge >= 0.3 is 0 Å². The molecule has 0 saturated carbocycles. The van der Waals surface area contributed by atoms with Crippen LogP contribution in [0.5, 0.6) is 0 Å². The molecule has 3 rings (SSSR count). The van der Waals surface area contributed by atoms with Crippen LogP contribution in [0.15, 0.2) is 24.3 Å². The van der Waals surface area contributed by atoms with Crippen molar-refractivity contribution in [3.8, 4) is 0 Å². The lowest BCUT2D eigenvalue weighted by atomic mass is 10.1. The molecule has 1 aliphatic rings. The van der Waals surface area contributed by atoms with Gasteiger partial charge < -0.3 is 5.32 Å². The van der Waals surface area contributed by atoms with Crippen LogP contribution in [0.1, 0.15) is 40.2 Å². The number of hydrogen-bond donors (Lipinski definition) is 1. The van der Waals surface area contributed by atoms with E-state index < -0.39 is 0 Å². The molecule has 0 saturated heterocycles. The molecule has 1 heterocycles. The molecule has 0 bridgehead atoms. The van der Waals surface area contributed by atoms with Gasteiger partial charge in [-0.1, -0.05) is 24.3 Å². The molecule has 100 valence electrons. The molecule has 2 aromatic rings. The number of nitrogens with one attached hydrogen (secondary N) is 1. The van der Waals surface area contributed by atoms with Crippen molar-refractivity contribution >= 4 is 0 Å². The Morgan fingerprint density at radius 3 is 2.58 bits per heavy atom. The van der Waals surface area contributed by atoms with Crippen LogP contribution < -0.4 is 5.32 Å². The predicted molar refractivity (Wildman–Crippen MR) is 77.4 cm³/mol. The third-order valence-electron chi connectivity index (χ3n) is 4.52. The summed E-state index contributed by atoms with van der Waals surface area (Å²) >= 11 is 0. The van der Waals surface area contributed by atoms with Gasteiger partial charge in [0.2, 0.25) is 0 Å². The van der Waals surface area contributed by atoms with Gasteiger partial charge in [0.25, 0.3) is 0 Å². The van der Waals surface area contributed by atoms with Crippen molar-refractivity contribution in [1.82, 2.24) is 15.1 Å². The molecule has 3 nitrogen and oxygen atoms in total. The van der Waals surface area contributed by atoms with Crippen molar-refractivity contribution in [2.45, 2.75) is 39.3 Å². The fourth-order valence-corrected chi connectivity index (χ4v) is 3.22. The Bertz CT molecular complexity index is 612. The smallest absolute Gasteiger partial charge is 0.0757 e. The van der Waals surface area contributed by atoms with Crippen LogP contribution in [-0.2, 0) is 6.42 Å². The number of aromatic nitrogens is 2. The summed E-state index contributed by atoms with van der Waals surface area (Å²) in [5, 5.41) is 8.21. The second-order valence-electron chi connectivity index (χ2n) is 5.48. The molecule has 1 aliphatic carbocycles. The summed E-state index contributed by atoms with van der Waals surface area (Å²) < 4.78 is 2.21. The molecular weight excluding hydrogens is 234 g/mol. The Balaban J connectivity index is 2.06. The Morgan fingerprint density at radius 1 is 1.21 bits per heavy atom. The van der Waals surface area contributed by atoms with Crippen LogP contribution in [0, 0.1) is 20.8 Å². The molecule has 2 unspecified atom stereocenters. The first kappa shape index (κ1) is 12.4. The molecule has 19 heavy (non-hydrogen) atoms. The van der Waals surface area contributed by atoms with E-state index in [-0.39, 0.29) is 0 Å². The molecule has 1 N–H and O–H groups in total. The van der Waals surface area contributed by atoms with E-state index in [1.807, 2.05) is 7.05 Å². The zero-order chi connectivity index (χ0) is 13.6. The van der Waals surface area contributed by atoms with Crippen LogP contribution in [0.2, 0.25) is 0 Å². The first-order valence-electron chi connectivity index (χ1n) is 6.91. The van der Waals surface area contributed by atoms with Gasteiger partial charge in [0.15, 0.2) is 0 Å². The second kappa shape index (κ2) is 4.49. The van der Waals surface area contributed by atoms with Gasteiger partial charge in [0.1, 0.15) is 0 Å². The zero-order valence-corrected chi connectivity index (χ0v) is 12.1. The zero-order valence-electron chi connectivity index (χ0n) is 12.1. The number of rotatable bonds is 2. The molecule has 0 amide bonds. The highest BCUT2D eigenvalue weighted by molar-refractivity contribution is 5.37. The second-order valence-corrected chi connectivity index (χ2v) is 5.48. The van der Waals surface area contributed by atoms with E-state index in [1.54, 1.807) is 0 Å². The summed E-state index contributed by atoms with van der Waals surface area (Å²) in [4.78, 5) is 0. The Morgan fingerprint density at radius 2 is 1.95 bits per heavy atom. The standard InChI is InChI=1S/C16H21N3/c1-10-11(2)18-19(12(10)3)15-9-13-7-5-6-8-14(13)16(15)17-4/h5-8,15-17H,9H2,1-4H3. The molecule has 0 fully saturated rings. The Kier molecular flexibility index (Phi) is 2.94. The van der Waals surface area contributed by atoms with Gasteiger partial charge in [-0.2, -0.15) is 5.10 Å². The fraction of sp³-hybridized carbons (Fsp3) is 0.438. The lowest BCUT2D eigenvalue weighted by molar-refractivity contribution is 0.364. The average Bonchev–Trinajstić information content (AvgIpc) is 2.91. The number of aryl methyl sites for hydroxylation is 1. The highest BCUT2D eigenvalue weighted by Gasteiger charge is 2.34. The fourth-order valence-electron chi connectivity index (χ4n) is 3.22. The van der Waals surface area contributed by atoms with Gasteiger partial charge in [-0.15, -0.1) is 0 Å². The van der Waals surface area contributed by atoms with Crippen molar-refractivity contribution in [3.05, 3.63) is 52.3 Å². The van der Waals surface area contributed by atoms with Gasteiger partial charge in [0, 0.05) is 5.69 Å². The normalized spacial score (nSPS) is 21.7. The molecule has 0 radical (unpaired) electrons. The predicted octanol–water partition coefficient (Wildman–Crippen LogP) is 2.87. The van der Waals surface area contributed by atoms with E-state index in [0.29, 0.717) is 12.1 Å². The molecule has 1 aromatic carbocycles. The summed E-state index contributed by atoms with van der Waals surface area (Å²) in [5.74, 6) is 0. The minimum absolute atomic E-state index is 0.355. The molecule has 0 spiro atoms. The largest absolute Gasteiger partial charge is 0.311 e. The summed E-state index contributed by atoms with van der Waals surface area (Å²) in [5.41, 5.74) is 6.60. The molecular formula is C16H21N3. The van der Waals surface area contributed by atoms with Gasteiger partial charge in [-0.25, -0.2) is 0 Å². The highest BCUT2D eigenvalue weighted by atomic mass is 15.3. The quantitative estimate of drug-likeness (QED) is 0.894. The lowest BCUT2D eigenvalue weighted by Crippen LogP contribution is -2.26. The maximum absolute atomic E-state index is 4.75. The number of fused-ring (bicyclic) bond motifs is 1. The first-order valence-corrected chi connectivity index (χ1v) is 6.91. The molecule has 1 aromatic heterocycles. The number of likely N-dealkylation sites (N-methyl/N-ethyl adjacent to an activating group) is 1. The van der Waals surface area contributed by atoms with Gasteiger partial charge in [-0.05, 0) is 50.9 Å². The Labute approximate surface area is 114 Å². The van der Waals surface area contributed by atoms with E-state index >= 15 is 0 Å². The molecule has 2 atom stereocenters. The summed E-state index contributed by atoms with van der Waals surface area (Å²) in [7, 11) is 2.04. The molecule has 0 aliphatic heterocycles. The minimum Gasteiger partial charge on any atom is -0.311 e. The number of hydrogen-bond acceptors (Lipinski definition) is 2. The van der Waals surface area contributed by atoms with Crippen molar-refractivity contribution in [2.75, 3.05) is 7.05 Å². The Hall–Kier alpha value is -1.61. The van der Waals surface area contributed by atoms with Crippen molar-refractivity contribution < 1.29 is 0 Å². The van der Waals surface area contributed by atoms with E-state index in [4.69, 9.17) is 5.10 Å². The monoisotopic (exact) mass is 255 g/mol. The average molecular weight is 255 g/mol. The van der Waals surface area contributed by atoms with E-state index in [9.17, 15) is 0 Å². The lowest BCUT2D eigenvalue weighted by Gasteiger charge is -2.22. The first-order chi connectivity index (χ1) is 9.13. The van der Waals surface area contributed by atoms with Crippen LogP contribution >= 0.6 is 0 Å². The third kappa shape index (κ3) is 1.80. The minimum atomic E-state index is 0.355. The number of nitrogens with zero attached hydrogens (tertiary/aromatic N) is 2. The third-order valence-corrected chi connectivity index (χ3v) is 4.52. The van der Waals surface area contributed by atoms with Crippen molar-refractivity contribution in [2.24, 2.45) is 0 Å². The van der Waals surface area contributed by atoms with E-state index in [1.165, 1.54) is 22.4 Å². The van der Waals surface area contributed by atoms with Crippen LogP contribution in [0.25, 0.3) is 0 Å². The maximum atomic E-state index is 4.75. The summed E-state index contributed by atoms with van der Waals surface area (Å²) in [6.45, 7) is 6.42. The van der Waals surface area contributed by atoms with Gasteiger partial charge in [0.05, 0.1) is 17.8 Å². The van der Waals surface area contributed by atoms with Gasteiger partial charge in [-0.3, -0.25) is 4.68 Å². The van der Waals surface area contributed by atoms with Crippen LogP contribution in [0.4, 0.5) is 0 Å². The summed E-state index contributed by atoms with van der Waals surface area (Å²) in [6.07, 6.45) is 1.06. The topological polar surface area (TPSA) is 29.9 Å². The van der Waals surface area contributed by atoms with Crippen LogP contribution in [0.3, 0.4) is 0 Å². The SMILES string of the molecule is CNC1c2ccccc2CC1n1nc(C)c(C)c1C.